The molecule has 1 amide bonds. The van der Waals surface area contributed by atoms with Crippen molar-refractivity contribution in [3.8, 4) is 0 Å². The molecule has 0 saturated carbocycles. The monoisotopic (exact) mass is 207 g/mol. The van der Waals surface area contributed by atoms with Crippen LogP contribution >= 0.6 is 0 Å². The van der Waals surface area contributed by atoms with Crippen molar-refractivity contribution in [3.63, 3.8) is 0 Å². The fourth-order valence-corrected chi connectivity index (χ4v) is 1.26. The predicted molar refractivity (Wildman–Crippen MR) is 56.6 cm³/mol. The van der Waals surface area contributed by atoms with E-state index < -0.39 is 6.09 Å². The number of carbonyl (C=O) groups is 2. The summed E-state index contributed by atoms with van der Waals surface area (Å²) in [7, 11) is 0. The number of ether oxygens (including phenoxy) is 1. The highest BCUT2D eigenvalue weighted by Crippen LogP contribution is 2.14. The van der Waals surface area contributed by atoms with Gasteiger partial charge in [-0.2, -0.15) is 0 Å². The van der Waals surface area contributed by atoms with E-state index in [1.807, 2.05) is 25.1 Å². The Kier molecular flexibility index (Phi) is 4.34. The summed E-state index contributed by atoms with van der Waals surface area (Å²) in [5.74, 6) is 0. The number of para-hydroxylation sites is 1. The van der Waals surface area contributed by atoms with Gasteiger partial charge in [0, 0.05) is 12.2 Å². The van der Waals surface area contributed by atoms with Crippen molar-refractivity contribution in [2.24, 2.45) is 0 Å². The van der Waals surface area contributed by atoms with Crippen LogP contribution in [0.1, 0.15) is 13.3 Å². The Morgan fingerprint density at radius 3 is 2.60 bits per heavy atom. The van der Waals surface area contributed by atoms with Crippen LogP contribution in [0.25, 0.3) is 0 Å². The summed E-state index contributed by atoms with van der Waals surface area (Å²) < 4.78 is 4.32. The fourth-order valence-electron chi connectivity index (χ4n) is 1.26. The minimum absolute atomic E-state index is 0.147. The molecule has 0 saturated heterocycles. The molecule has 0 atom stereocenters. The van der Waals surface area contributed by atoms with E-state index in [2.05, 4.69) is 4.74 Å². The molecule has 1 rings (SSSR count). The molecule has 0 spiro atoms. The summed E-state index contributed by atoms with van der Waals surface area (Å²) in [5, 5.41) is 0. The van der Waals surface area contributed by atoms with Crippen molar-refractivity contribution in [3.05, 3.63) is 30.3 Å². The standard InChI is InChI=1S/C11H13NO3/c1-2-8-12(11(14)15-9-13)10-6-4-3-5-7-10/h3-7,9H,2,8H2,1H3. The van der Waals surface area contributed by atoms with E-state index in [0.717, 1.165) is 12.1 Å². The molecule has 15 heavy (non-hydrogen) atoms. The summed E-state index contributed by atoms with van der Waals surface area (Å²) in [6.07, 6.45) is 0.154. The lowest BCUT2D eigenvalue weighted by molar-refractivity contribution is -0.123. The van der Waals surface area contributed by atoms with Crippen LogP contribution in [0.3, 0.4) is 0 Å². The Morgan fingerprint density at radius 2 is 2.07 bits per heavy atom. The van der Waals surface area contributed by atoms with Gasteiger partial charge >= 0.3 is 12.6 Å². The molecule has 0 aliphatic rings. The first-order chi connectivity index (χ1) is 7.29. The van der Waals surface area contributed by atoms with Gasteiger partial charge in [-0.05, 0) is 18.6 Å². The number of hydrogen-bond donors (Lipinski definition) is 0. The van der Waals surface area contributed by atoms with Crippen LogP contribution in [-0.4, -0.2) is 19.1 Å². The Hall–Kier alpha value is -1.84. The Balaban J connectivity index is 2.82. The first-order valence-electron chi connectivity index (χ1n) is 4.76. The van der Waals surface area contributed by atoms with E-state index in [0.29, 0.717) is 6.54 Å². The van der Waals surface area contributed by atoms with Crippen molar-refractivity contribution in [1.29, 1.82) is 0 Å². The van der Waals surface area contributed by atoms with Gasteiger partial charge in [-0.25, -0.2) is 4.79 Å². The van der Waals surface area contributed by atoms with Crippen molar-refractivity contribution in [2.45, 2.75) is 13.3 Å². The van der Waals surface area contributed by atoms with Gasteiger partial charge in [0.15, 0.2) is 0 Å². The molecule has 4 heteroatoms. The zero-order valence-corrected chi connectivity index (χ0v) is 8.55. The van der Waals surface area contributed by atoms with Gasteiger partial charge in [0.25, 0.3) is 0 Å². The molecule has 1 aromatic carbocycles. The molecule has 0 heterocycles. The number of amides is 1. The molecular formula is C11H13NO3. The maximum absolute atomic E-state index is 11.4. The zero-order chi connectivity index (χ0) is 11.1. The highest BCUT2D eigenvalue weighted by atomic mass is 16.6. The summed E-state index contributed by atoms with van der Waals surface area (Å²) in [6, 6.07) is 9.10. The second-order valence-electron chi connectivity index (χ2n) is 2.97. The van der Waals surface area contributed by atoms with E-state index in [4.69, 9.17) is 0 Å². The third-order valence-electron chi connectivity index (χ3n) is 1.88. The van der Waals surface area contributed by atoms with Gasteiger partial charge in [-0.15, -0.1) is 0 Å². The molecule has 0 bridgehead atoms. The molecule has 0 fully saturated rings. The summed E-state index contributed by atoms with van der Waals surface area (Å²) in [5.41, 5.74) is 0.728. The number of nitrogens with zero attached hydrogens (tertiary/aromatic N) is 1. The highest BCUT2D eigenvalue weighted by Gasteiger charge is 2.15. The van der Waals surface area contributed by atoms with Crippen LogP contribution in [0.5, 0.6) is 0 Å². The normalized spacial score (nSPS) is 9.40. The first kappa shape index (κ1) is 11.2. The highest BCUT2D eigenvalue weighted by molar-refractivity contribution is 5.90. The molecule has 0 aliphatic carbocycles. The molecule has 0 aromatic heterocycles. The van der Waals surface area contributed by atoms with Gasteiger partial charge < -0.3 is 4.74 Å². The van der Waals surface area contributed by atoms with Crippen LogP contribution in [0.4, 0.5) is 10.5 Å². The summed E-state index contributed by atoms with van der Waals surface area (Å²) in [6.45, 7) is 2.62. The number of carbonyl (C=O) groups excluding carboxylic acids is 2. The predicted octanol–water partition coefficient (Wildman–Crippen LogP) is 2.20. The average molecular weight is 207 g/mol. The number of anilines is 1. The second kappa shape index (κ2) is 5.80. The van der Waals surface area contributed by atoms with Crippen molar-refractivity contribution in [1.82, 2.24) is 0 Å². The lowest BCUT2D eigenvalue weighted by Gasteiger charge is -2.19. The molecule has 4 nitrogen and oxygen atoms in total. The first-order valence-corrected chi connectivity index (χ1v) is 4.76. The van der Waals surface area contributed by atoms with Crippen LogP contribution in [-0.2, 0) is 9.53 Å². The lowest BCUT2D eigenvalue weighted by Crippen LogP contribution is -2.31. The van der Waals surface area contributed by atoms with Gasteiger partial charge in [0.1, 0.15) is 0 Å². The SMILES string of the molecule is CCCN(C(=O)OC=O)c1ccccc1. The molecule has 0 radical (unpaired) electrons. The number of benzene rings is 1. The van der Waals surface area contributed by atoms with Crippen molar-refractivity contribution in [2.75, 3.05) is 11.4 Å². The maximum atomic E-state index is 11.4. The lowest BCUT2D eigenvalue weighted by atomic mass is 10.3. The molecular weight excluding hydrogens is 194 g/mol. The molecule has 80 valence electrons. The minimum Gasteiger partial charge on any atom is -0.378 e. The van der Waals surface area contributed by atoms with Gasteiger partial charge in [-0.1, -0.05) is 25.1 Å². The third-order valence-corrected chi connectivity index (χ3v) is 1.88. The van der Waals surface area contributed by atoms with Crippen LogP contribution in [0, 0.1) is 0 Å². The minimum atomic E-state index is -0.641. The van der Waals surface area contributed by atoms with E-state index >= 15 is 0 Å². The van der Waals surface area contributed by atoms with Gasteiger partial charge in [0.2, 0.25) is 0 Å². The Labute approximate surface area is 88.5 Å². The maximum Gasteiger partial charge on any atom is 0.421 e. The van der Waals surface area contributed by atoms with Gasteiger partial charge in [0.05, 0.1) is 0 Å². The van der Waals surface area contributed by atoms with E-state index in [1.54, 1.807) is 12.1 Å². The molecule has 0 N–H and O–H groups in total. The fraction of sp³-hybridized carbons (Fsp3) is 0.273. The van der Waals surface area contributed by atoms with Crippen molar-refractivity contribution < 1.29 is 14.3 Å². The third kappa shape index (κ3) is 3.09. The molecule has 0 unspecified atom stereocenters. The van der Waals surface area contributed by atoms with Crippen LogP contribution in [0.2, 0.25) is 0 Å². The largest absolute Gasteiger partial charge is 0.421 e. The van der Waals surface area contributed by atoms with Crippen LogP contribution in [0.15, 0.2) is 30.3 Å². The van der Waals surface area contributed by atoms with Crippen LogP contribution < -0.4 is 4.90 Å². The Morgan fingerprint density at radius 1 is 1.40 bits per heavy atom. The average Bonchev–Trinajstić information content (AvgIpc) is 2.27. The quantitative estimate of drug-likeness (QED) is 0.561. The number of rotatable bonds is 4. The summed E-state index contributed by atoms with van der Waals surface area (Å²) in [4.78, 5) is 22.9. The zero-order valence-electron chi connectivity index (χ0n) is 8.55. The van der Waals surface area contributed by atoms with E-state index in [9.17, 15) is 9.59 Å². The summed E-state index contributed by atoms with van der Waals surface area (Å²) >= 11 is 0. The van der Waals surface area contributed by atoms with Crippen molar-refractivity contribution >= 4 is 18.3 Å². The molecule has 0 aliphatic heterocycles. The smallest absolute Gasteiger partial charge is 0.378 e. The second-order valence-corrected chi connectivity index (χ2v) is 2.97. The molecule has 1 aromatic rings. The topological polar surface area (TPSA) is 46.6 Å². The Bertz CT molecular complexity index is 324. The number of hydrogen-bond acceptors (Lipinski definition) is 3. The van der Waals surface area contributed by atoms with Gasteiger partial charge in [-0.3, -0.25) is 9.69 Å². The van der Waals surface area contributed by atoms with E-state index in [1.165, 1.54) is 4.90 Å². The van der Waals surface area contributed by atoms with E-state index in [-0.39, 0.29) is 6.47 Å².